The van der Waals surface area contributed by atoms with E-state index >= 15 is 0 Å². The summed E-state index contributed by atoms with van der Waals surface area (Å²) in [6.45, 7) is 4.40. The molecule has 0 saturated heterocycles. The Kier molecular flexibility index (Phi) is 7.03. The lowest BCUT2D eigenvalue weighted by atomic mass is 9.81. The molecule has 0 unspecified atom stereocenters. The molecule has 1 aromatic heterocycles. The van der Waals surface area contributed by atoms with Crippen molar-refractivity contribution in [2.75, 3.05) is 0 Å². The van der Waals surface area contributed by atoms with Crippen LogP contribution in [-0.4, -0.2) is 40.9 Å². The van der Waals surface area contributed by atoms with Gasteiger partial charge in [-0.1, -0.05) is 111 Å². The van der Waals surface area contributed by atoms with Gasteiger partial charge in [-0.15, -0.1) is 0 Å². The van der Waals surface area contributed by atoms with E-state index in [1.807, 2.05) is 66.7 Å². The lowest BCUT2D eigenvalue weighted by Crippen LogP contribution is -2.14. The predicted octanol–water partition coefficient (Wildman–Crippen LogP) is 12.0. The van der Waals surface area contributed by atoms with Crippen LogP contribution in [0, 0.1) is 0 Å². The molecule has 8 N–H and O–H groups in total. The molecule has 0 saturated carbocycles. The second kappa shape index (κ2) is 12.0. The molecule has 9 heteroatoms. The number of hydrogen-bond donors (Lipinski definition) is 8. The highest BCUT2D eigenvalue weighted by Crippen LogP contribution is 2.62. The predicted molar refractivity (Wildman–Crippen MR) is 233 cm³/mol. The summed E-state index contributed by atoms with van der Waals surface area (Å²) in [5, 5.41) is 93.6. The minimum atomic E-state index is -1.03. The molecule has 60 heavy (non-hydrogen) atoms. The Morgan fingerprint density at radius 1 is 0.383 bits per heavy atom. The second-order valence-electron chi connectivity index (χ2n) is 16.0. The molecular formula is C51H34O9. The van der Waals surface area contributed by atoms with Crippen molar-refractivity contribution in [2.24, 2.45) is 0 Å². The fourth-order valence-electron chi connectivity index (χ4n) is 9.57. The van der Waals surface area contributed by atoms with Gasteiger partial charge in [0.1, 0.15) is 11.2 Å². The first-order valence-corrected chi connectivity index (χ1v) is 19.3. The molecule has 10 aromatic rings. The SMILES string of the molecule is CC1(C)c2ccccc2-c2ccc(-c3ccc(-c4c5c(O)c(O)c(O)c(O)c5c(-c5ccc6oc7c8ccccc8ccc7c6c5)c5c(O)c(O)c(O)c(O)c45)cc3)cc21. The molecule has 9 aromatic carbocycles. The van der Waals surface area contributed by atoms with Gasteiger partial charge in [-0.2, -0.15) is 0 Å². The van der Waals surface area contributed by atoms with Gasteiger partial charge in [-0.05, 0) is 74.2 Å². The molecular weight excluding hydrogens is 757 g/mol. The smallest absolute Gasteiger partial charge is 0.204 e. The maximum absolute atomic E-state index is 11.8. The van der Waals surface area contributed by atoms with Crippen LogP contribution >= 0.6 is 0 Å². The van der Waals surface area contributed by atoms with E-state index in [1.54, 1.807) is 30.3 Å². The van der Waals surface area contributed by atoms with E-state index in [4.69, 9.17) is 4.42 Å². The lowest BCUT2D eigenvalue weighted by molar-refractivity contribution is 0.350. The highest BCUT2D eigenvalue weighted by atomic mass is 16.4. The van der Waals surface area contributed by atoms with E-state index in [0.717, 1.165) is 27.3 Å². The standard InChI is InChI=1S/C51H34O9/c1-51(2)33-10-6-5-9-29(33)30-18-16-26(22-34(30)51)23-11-13-25(14-12-23)36-38-40(44(54)48(58)46(56)42(38)52)37(41-39(36)43(53)47(57)49(59)45(41)55)27-17-20-35-32(21-27)31-19-15-24-7-3-4-8-28(24)50(31)60-35/h3-22,52-59H,1-2H3. The number of benzene rings is 9. The van der Waals surface area contributed by atoms with Gasteiger partial charge in [-0.25, -0.2) is 0 Å². The average Bonchev–Trinajstić information content (AvgIpc) is 3.76. The number of hydrogen-bond acceptors (Lipinski definition) is 9. The number of aromatic hydroxyl groups is 8. The third-order valence-electron chi connectivity index (χ3n) is 12.5. The van der Waals surface area contributed by atoms with Crippen molar-refractivity contribution in [1.82, 2.24) is 0 Å². The number of fused-ring (bicyclic) bond motifs is 10. The largest absolute Gasteiger partial charge is 0.504 e. The van der Waals surface area contributed by atoms with Crippen LogP contribution in [0.4, 0.5) is 0 Å². The molecule has 11 rings (SSSR count). The molecule has 0 spiro atoms. The van der Waals surface area contributed by atoms with Crippen molar-refractivity contribution in [2.45, 2.75) is 19.3 Å². The van der Waals surface area contributed by atoms with Crippen LogP contribution in [0.2, 0.25) is 0 Å². The van der Waals surface area contributed by atoms with E-state index in [1.165, 1.54) is 22.3 Å². The average molecular weight is 791 g/mol. The van der Waals surface area contributed by atoms with Crippen molar-refractivity contribution in [3.63, 3.8) is 0 Å². The minimum absolute atomic E-state index is 0.0201. The van der Waals surface area contributed by atoms with Crippen molar-refractivity contribution in [1.29, 1.82) is 0 Å². The summed E-state index contributed by atoms with van der Waals surface area (Å²) in [5.41, 5.74) is 8.07. The zero-order chi connectivity index (χ0) is 41.5. The van der Waals surface area contributed by atoms with E-state index in [9.17, 15) is 40.9 Å². The van der Waals surface area contributed by atoms with E-state index in [-0.39, 0.29) is 38.1 Å². The number of phenolic OH excluding ortho intramolecular Hbond substituents is 8. The molecule has 292 valence electrons. The van der Waals surface area contributed by atoms with E-state index < -0.39 is 46.0 Å². The quantitative estimate of drug-likeness (QED) is 0.0492. The van der Waals surface area contributed by atoms with Crippen LogP contribution in [0.5, 0.6) is 46.0 Å². The van der Waals surface area contributed by atoms with Gasteiger partial charge in [0.2, 0.25) is 23.0 Å². The molecule has 1 heterocycles. The Balaban J connectivity index is 1.19. The zero-order valence-electron chi connectivity index (χ0n) is 32.0. The van der Waals surface area contributed by atoms with Gasteiger partial charge in [0.15, 0.2) is 23.0 Å². The van der Waals surface area contributed by atoms with Gasteiger partial charge in [0.25, 0.3) is 0 Å². The maximum atomic E-state index is 11.8. The summed E-state index contributed by atoms with van der Waals surface area (Å²) in [5.74, 6) is -7.47. The van der Waals surface area contributed by atoms with Gasteiger partial charge in [0.05, 0.1) is 0 Å². The molecule has 0 atom stereocenters. The summed E-state index contributed by atoms with van der Waals surface area (Å²) in [6, 6.07) is 38.5. The van der Waals surface area contributed by atoms with Gasteiger partial charge < -0.3 is 45.3 Å². The van der Waals surface area contributed by atoms with Crippen LogP contribution in [-0.2, 0) is 5.41 Å². The molecule has 0 amide bonds. The molecule has 1 aliphatic carbocycles. The summed E-state index contributed by atoms with van der Waals surface area (Å²) >= 11 is 0. The Bertz CT molecular complexity index is 3460. The van der Waals surface area contributed by atoms with Crippen LogP contribution in [0.25, 0.3) is 98.8 Å². The van der Waals surface area contributed by atoms with Crippen molar-refractivity contribution >= 4 is 54.3 Å². The fraction of sp³-hybridized carbons (Fsp3) is 0.0588. The summed E-state index contributed by atoms with van der Waals surface area (Å²) in [7, 11) is 0. The third-order valence-corrected chi connectivity index (χ3v) is 12.5. The first-order chi connectivity index (χ1) is 28.9. The number of furan rings is 1. The molecule has 1 aliphatic rings. The van der Waals surface area contributed by atoms with Crippen LogP contribution in [0.3, 0.4) is 0 Å². The maximum Gasteiger partial charge on any atom is 0.204 e. The van der Waals surface area contributed by atoms with Crippen molar-refractivity contribution in [3.05, 3.63) is 132 Å². The Morgan fingerprint density at radius 3 is 1.55 bits per heavy atom. The van der Waals surface area contributed by atoms with Gasteiger partial charge in [-0.3, -0.25) is 0 Å². The van der Waals surface area contributed by atoms with Crippen LogP contribution in [0.15, 0.2) is 126 Å². The lowest BCUT2D eigenvalue weighted by Gasteiger charge is -2.23. The fourth-order valence-corrected chi connectivity index (χ4v) is 9.57. The summed E-state index contributed by atoms with van der Waals surface area (Å²) in [4.78, 5) is 0. The zero-order valence-corrected chi connectivity index (χ0v) is 32.0. The molecule has 0 bridgehead atoms. The Hall–Kier alpha value is -8.04. The van der Waals surface area contributed by atoms with Gasteiger partial charge >= 0.3 is 0 Å². The minimum Gasteiger partial charge on any atom is -0.504 e. The summed E-state index contributed by atoms with van der Waals surface area (Å²) < 4.78 is 6.33. The molecule has 0 radical (unpaired) electrons. The molecule has 9 nitrogen and oxygen atoms in total. The highest BCUT2D eigenvalue weighted by molar-refractivity contribution is 6.29. The highest BCUT2D eigenvalue weighted by Gasteiger charge is 2.36. The first-order valence-electron chi connectivity index (χ1n) is 19.3. The molecule has 0 aliphatic heterocycles. The number of phenols is 8. The number of rotatable bonds is 3. The van der Waals surface area contributed by atoms with Crippen LogP contribution in [0.1, 0.15) is 25.0 Å². The van der Waals surface area contributed by atoms with Crippen molar-refractivity contribution < 1.29 is 45.3 Å². The topological polar surface area (TPSA) is 175 Å². The van der Waals surface area contributed by atoms with Crippen molar-refractivity contribution in [3.8, 4) is 90.5 Å². The second-order valence-corrected chi connectivity index (χ2v) is 16.0. The Morgan fingerprint density at radius 2 is 0.900 bits per heavy atom. The van der Waals surface area contributed by atoms with Crippen LogP contribution < -0.4 is 0 Å². The van der Waals surface area contributed by atoms with Gasteiger partial charge in [0, 0.05) is 54.2 Å². The monoisotopic (exact) mass is 790 g/mol. The third kappa shape index (κ3) is 4.51. The normalized spacial score (nSPS) is 13.2. The van der Waals surface area contributed by atoms with E-state index in [2.05, 4.69) is 38.1 Å². The van der Waals surface area contributed by atoms with E-state index in [0.29, 0.717) is 27.7 Å². The Labute approximate surface area is 340 Å². The molecule has 0 fully saturated rings. The summed E-state index contributed by atoms with van der Waals surface area (Å²) in [6.07, 6.45) is 0. The first kappa shape index (κ1) is 35.1.